The van der Waals surface area contributed by atoms with E-state index in [1.54, 1.807) is 0 Å². The normalized spacial score (nSPS) is 16.6. The molecule has 110 valence electrons. The standard InChI is InChI=1S/C17H25NO2/c1-13-10-14(2)12-15(11-13)17(19)4-7-18(3)16-5-8-20-9-6-16/h10-12,16H,4-9H2,1-3H3. The van der Waals surface area contributed by atoms with E-state index in [-0.39, 0.29) is 5.78 Å². The van der Waals surface area contributed by atoms with E-state index in [9.17, 15) is 4.79 Å². The zero-order valence-electron chi connectivity index (χ0n) is 12.8. The number of Topliss-reactive ketones (excluding diaryl/α,β-unsaturated/α-hetero) is 1. The predicted molar refractivity (Wildman–Crippen MR) is 81.3 cm³/mol. The summed E-state index contributed by atoms with van der Waals surface area (Å²) in [6.07, 6.45) is 2.75. The van der Waals surface area contributed by atoms with Crippen LogP contribution >= 0.6 is 0 Å². The summed E-state index contributed by atoms with van der Waals surface area (Å²) in [6, 6.07) is 6.65. The lowest BCUT2D eigenvalue weighted by molar-refractivity contribution is 0.0425. The SMILES string of the molecule is Cc1cc(C)cc(C(=O)CCN(C)C2CCOCC2)c1. The van der Waals surface area contributed by atoms with E-state index < -0.39 is 0 Å². The number of benzene rings is 1. The molecule has 0 atom stereocenters. The topological polar surface area (TPSA) is 29.5 Å². The fourth-order valence-electron chi connectivity index (χ4n) is 2.87. The molecule has 2 rings (SSSR count). The first-order valence-electron chi connectivity index (χ1n) is 7.46. The number of nitrogens with zero attached hydrogens (tertiary/aromatic N) is 1. The van der Waals surface area contributed by atoms with Crippen LogP contribution in [-0.4, -0.2) is 43.5 Å². The average Bonchev–Trinajstić information content (AvgIpc) is 2.44. The molecule has 3 heteroatoms. The number of hydrogen-bond donors (Lipinski definition) is 0. The molecular formula is C17H25NO2. The molecule has 0 aromatic heterocycles. The summed E-state index contributed by atoms with van der Waals surface area (Å²) >= 11 is 0. The lowest BCUT2D eigenvalue weighted by Gasteiger charge is -2.30. The van der Waals surface area contributed by atoms with E-state index in [1.807, 2.05) is 26.0 Å². The highest BCUT2D eigenvalue weighted by molar-refractivity contribution is 5.96. The number of ether oxygens (including phenoxy) is 1. The molecule has 1 aliphatic heterocycles. The molecule has 1 aliphatic rings. The Labute approximate surface area is 121 Å². The van der Waals surface area contributed by atoms with Gasteiger partial charge in [0, 0.05) is 37.8 Å². The first-order valence-corrected chi connectivity index (χ1v) is 7.46. The quantitative estimate of drug-likeness (QED) is 0.774. The third kappa shape index (κ3) is 4.15. The molecule has 3 nitrogen and oxygen atoms in total. The Morgan fingerprint density at radius 3 is 2.40 bits per heavy atom. The molecule has 0 radical (unpaired) electrons. The van der Waals surface area contributed by atoms with E-state index in [0.29, 0.717) is 12.5 Å². The van der Waals surface area contributed by atoms with Crippen molar-refractivity contribution in [2.45, 2.75) is 39.2 Å². The van der Waals surface area contributed by atoms with Crippen molar-refractivity contribution in [1.29, 1.82) is 0 Å². The fraction of sp³-hybridized carbons (Fsp3) is 0.588. The van der Waals surface area contributed by atoms with Crippen molar-refractivity contribution in [3.05, 3.63) is 34.9 Å². The van der Waals surface area contributed by atoms with Gasteiger partial charge >= 0.3 is 0 Å². The van der Waals surface area contributed by atoms with Crippen LogP contribution in [0.1, 0.15) is 40.7 Å². The van der Waals surface area contributed by atoms with Crippen LogP contribution in [0.4, 0.5) is 0 Å². The van der Waals surface area contributed by atoms with E-state index in [0.717, 1.165) is 49.3 Å². The highest BCUT2D eigenvalue weighted by atomic mass is 16.5. The maximum absolute atomic E-state index is 12.3. The van der Waals surface area contributed by atoms with E-state index in [4.69, 9.17) is 4.74 Å². The van der Waals surface area contributed by atoms with Gasteiger partial charge in [-0.2, -0.15) is 0 Å². The molecule has 1 aromatic carbocycles. The number of carbonyl (C=O) groups excluding carboxylic acids is 1. The second-order valence-electron chi connectivity index (χ2n) is 5.87. The molecule has 20 heavy (non-hydrogen) atoms. The zero-order valence-corrected chi connectivity index (χ0v) is 12.8. The summed E-state index contributed by atoms with van der Waals surface area (Å²) in [5, 5.41) is 0. The van der Waals surface area contributed by atoms with Gasteiger partial charge < -0.3 is 9.64 Å². The van der Waals surface area contributed by atoms with Gasteiger partial charge in [-0.05, 0) is 45.9 Å². The maximum Gasteiger partial charge on any atom is 0.164 e. The third-order valence-electron chi connectivity index (χ3n) is 4.05. The summed E-state index contributed by atoms with van der Waals surface area (Å²) in [5.74, 6) is 0.246. The Hall–Kier alpha value is -1.19. The molecule has 0 saturated carbocycles. The van der Waals surface area contributed by atoms with Gasteiger partial charge in [-0.3, -0.25) is 4.79 Å². The molecule has 0 N–H and O–H groups in total. The van der Waals surface area contributed by atoms with Crippen molar-refractivity contribution in [1.82, 2.24) is 4.90 Å². The largest absolute Gasteiger partial charge is 0.381 e. The summed E-state index contributed by atoms with van der Waals surface area (Å²) in [5.41, 5.74) is 3.17. The molecule has 0 unspecified atom stereocenters. The Bertz CT molecular complexity index is 444. The minimum atomic E-state index is 0.246. The molecule has 1 heterocycles. The Balaban J connectivity index is 1.87. The number of aryl methyl sites for hydroxylation is 2. The highest BCUT2D eigenvalue weighted by Crippen LogP contribution is 2.15. The second-order valence-corrected chi connectivity index (χ2v) is 5.87. The van der Waals surface area contributed by atoms with Gasteiger partial charge in [0.25, 0.3) is 0 Å². The van der Waals surface area contributed by atoms with Crippen molar-refractivity contribution in [2.75, 3.05) is 26.8 Å². The smallest absolute Gasteiger partial charge is 0.164 e. The van der Waals surface area contributed by atoms with Crippen LogP contribution in [0.15, 0.2) is 18.2 Å². The predicted octanol–water partition coefficient (Wildman–Crippen LogP) is 2.99. The maximum atomic E-state index is 12.3. The highest BCUT2D eigenvalue weighted by Gasteiger charge is 2.19. The number of carbonyl (C=O) groups is 1. The first kappa shape index (κ1) is 15.2. The lowest BCUT2D eigenvalue weighted by Crippen LogP contribution is -2.37. The van der Waals surface area contributed by atoms with Crippen LogP contribution in [0.3, 0.4) is 0 Å². The number of rotatable bonds is 5. The molecule has 0 spiro atoms. The Morgan fingerprint density at radius 2 is 1.80 bits per heavy atom. The minimum absolute atomic E-state index is 0.246. The van der Waals surface area contributed by atoms with Crippen LogP contribution in [0.2, 0.25) is 0 Å². The van der Waals surface area contributed by atoms with Crippen LogP contribution in [0.5, 0.6) is 0 Å². The average molecular weight is 275 g/mol. The van der Waals surface area contributed by atoms with E-state index >= 15 is 0 Å². The number of ketones is 1. The summed E-state index contributed by atoms with van der Waals surface area (Å²) in [4.78, 5) is 14.6. The van der Waals surface area contributed by atoms with Crippen molar-refractivity contribution in [3.8, 4) is 0 Å². The lowest BCUT2D eigenvalue weighted by atomic mass is 10.0. The second kappa shape index (κ2) is 7.00. The van der Waals surface area contributed by atoms with Gasteiger partial charge in [-0.1, -0.05) is 17.2 Å². The van der Waals surface area contributed by atoms with Crippen LogP contribution in [-0.2, 0) is 4.74 Å². The van der Waals surface area contributed by atoms with Gasteiger partial charge in [-0.25, -0.2) is 0 Å². The molecule has 0 bridgehead atoms. The molecular weight excluding hydrogens is 250 g/mol. The molecule has 1 saturated heterocycles. The van der Waals surface area contributed by atoms with Crippen LogP contribution < -0.4 is 0 Å². The van der Waals surface area contributed by atoms with Crippen molar-refractivity contribution < 1.29 is 9.53 Å². The van der Waals surface area contributed by atoms with Gasteiger partial charge in [-0.15, -0.1) is 0 Å². The Morgan fingerprint density at radius 1 is 1.20 bits per heavy atom. The summed E-state index contributed by atoms with van der Waals surface area (Å²) in [7, 11) is 2.12. The van der Waals surface area contributed by atoms with Crippen LogP contribution in [0, 0.1) is 13.8 Å². The fourth-order valence-corrected chi connectivity index (χ4v) is 2.87. The minimum Gasteiger partial charge on any atom is -0.381 e. The molecule has 0 amide bonds. The van der Waals surface area contributed by atoms with Crippen molar-refractivity contribution in [2.24, 2.45) is 0 Å². The zero-order chi connectivity index (χ0) is 14.5. The molecule has 1 aromatic rings. The molecule has 1 fully saturated rings. The van der Waals surface area contributed by atoms with Gasteiger partial charge in [0.2, 0.25) is 0 Å². The molecule has 0 aliphatic carbocycles. The number of hydrogen-bond acceptors (Lipinski definition) is 3. The van der Waals surface area contributed by atoms with Gasteiger partial charge in [0.15, 0.2) is 5.78 Å². The van der Waals surface area contributed by atoms with Gasteiger partial charge in [0.1, 0.15) is 0 Å². The van der Waals surface area contributed by atoms with Crippen molar-refractivity contribution in [3.63, 3.8) is 0 Å². The third-order valence-corrected chi connectivity index (χ3v) is 4.05. The summed E-state index contributed by atoms with van der Waals surface area (Å²) < 4.78 is 5.38. The first-order chi connectivity index (χ1) is 9.56. The van der Waals surface area contributed by atoms with E-state index in [1.165, 1.54) is 0 Å². The Kier molecular flexibility index (Phi) is 5.32. The van der Waals surface area contributed by atoms with E-state index in [2.05, 4.69) is 18.0 Å². The van der Waals surface area contributed by atoms with Crippen LogP contribution in [0.25, 0.3) is 0 Å². The van der Waals surface area contributed by atoms with Crippen molar-refractivity contribution >= 4 is 5.78 Å². The van der Waals surface area contributed by atoms with Gasteiger partial charge in [0.05, 0.1) is 0 Å². The summed E-state index contributed by atoms with van der Waals surface area (Å²) in [6.45, 7) is 6.60. The monoisotopic (exact) mass is 275 g/mol.